The van der Waals surface area contributed by atoms with Crippen molar-refractivity contribution in [1.82, 2.24) is 19.5 Å². The van der Waals surface area contributed by atoms with Gasteiger partial charge in [0.15, 0.2) is 17.5 Å². The largest absolute Gasteiger partial charge is 0.455 e. The van der Waals surface area contributed by atoms with Crippen LogP contribution in [0.2, 0.25) is 0 Å². The molecule has 5 nitrogen and oxygen atoms in total. The first-order chi connectivity index (χ1) is 29.7. The molecule has 5 heteroatoms. The number of hydrogen-bond acceptors (Lipinski definition) is 4. The molecule has 10 aromatic carbocycles. The number of fused-ring (bicyclic) bond motifs is 11. The normalized spacial score (nSPS) is 12.0. The SMILES string of the molecule is c1ccc2cc(-c3nc(-c4ccc5ccccc5c4)nc(-c4ccc5c(c4)oc4c6ccccc6c(-n6c7ccccc7c7cc8ccccc8cc76)cc54)n3)ccc2c1. The van der Waals surface area contributed by atoms with Gasteiger partial charge in [0.1, 0.15) is 11.2 Å². The Morgan fingerprint density at radius 3 is 1.47 bits per heavy atom. The predicted octanol–water partition coefficient (Wildman–Crippen LogP) is 14.5. The number of para-hydroxylation sites is 1. The Kier molecular flexibility index (Phi) is 6.95. The van der Waals surface area contributed by atoms with Crippen LogP contribution in [0.15, 0.2) is 199 Å². The second kappa shape index (κ2) is 12.7. The summed E-state index contributed by atoms with van der Waals surface area (Å²) in [5, 5.41) is 13.8. The van der Waals surface area contributed by atoms with E-state index in [1.807, 2.05) is 0 Å². The lowest BCUT2D eigenvalue weighted by molar-refractivity contribution is 0.672. The Balaban J connectivity index is 1.02. The summed E-state index contributed by atoms with van der Waals surface area (Å²) < 4.78 is 9.31. The zero-order chi connectivity index (χ0) is 39.3. The molecule has 0 bridgehead atoms. The van der Waals surface area contributed by atoms with Crippen molar-refractivity contribution in [2.75, 3.05) is 0 Å². The third kappa shape index (κ3) is 5.03. The van der Waals surface area contributed by atoms with Crippen molar-refractivity contribution in [1.29, 1.82) is 0 Å². The Morgan fingerprint density at radius 2 is 0.817 bits per heavy atom. The number of benzene rings is 10. The number of rotatable bonds is 4. The van der Waals surface area contributed by atoms with Crippen molar-refractivity contribution in [2.45, 2.75) is 0 Å². The van der Waals surface area contributed by atoms with E-state index in [2.05, 4.69) is 199 Å². The number of aromatic nitrogens is 4. The van der Waals surface area contributed by atoms with E-state index in [1.54, 1.807) is 0 Å². The van der Waals surface area contributed by atoms with Crippen LogP contribution in [0.3, 0.4) is 0 Å². The molecule has 0 saturated heterocycles. The fraction of sp³-hybridized carbons (Fsp3) is 0. The van der Waals surface area contributed by atoms with Crippen LogP contribution in [-0.2, 0) is 0 Å². The molecule has 60 heavy (non-hydrogen) atoms. The highest BCUT2D eigenvalue weighted by Gasteiger charge is 2.21. The molecule has 0 aliphatic carbocycles. The fourth-order valence-electron chi connectivity index (χ4n) is 9.24. The summed E-state index contributed by atoms with van der Waals surface area (Å²) in [4.78, 5) is 15.4. The fourth-order valence-corrected chi connectivity index (χ4v) is 9.24. The summed E-state index contributed by atoms with van der Waals surface area (Å²) >= 11 is 0. The third-order valence-corrected chi connectivity index (χ3v) is 12.1. The van der Waals surface area contributed by atoms with Crippen LogP contribution in [0.1, 0.15) is 0 Å². The number of furan rings is 1. The van der Waals surface area contributed by atoms with Crippen LogP contribution in [0.25, 0.3) is 127 Å². The highest BCUT2D eigenvalue weighted by Crippen LogP contribution is 2.42. The first-order valence-electron chi connectivity index (χ1n) is 20.3. The molecule has 0 radical (unpaired) electrons. The van der Waals surface area contributed by atoms with Gasteiger partial charge in [0.2, 0.25) is 0 Å². The van der Waals surface area contributed by atoms with Gasteiger partial charge >= 0.3 is 0 Å². The molecule has 3 aromatic heterocycles. The monoisotopic (exact) mass is 764 g/mol. The number of nitrogens with zero attached hydrogens (tertiary/aromatic N) is 4. The molecular formula is C55H32N4O. The van der Waals surface area contributed by atoms with Gasteiger partial charge < -0.3 is 8.98 Å². The summed E-state index contributed by atoms with van der Waals surface area (Å²) in [6, 6.07) is 68.7. The van der Waals surface area contributed by atoms with Gasteiger partial charge in [-0.25, -0.2) is 15.0 Å². The highest BCUT2D eigenvalue weighted by atomic mass is 16.3. The third-order valence-electron chi connectivity index (χ3n) is 12.1. The van der Waals surface area contributed by atoms with Crippen LogP contribution in [-0.4, -0.2) is 19.5 Å². The molecule has 0 unspecified atom stereocenters. The van der Waals surface area contributed by atoms with E-state index in [0.29, 0.717) is 17.5 Å². The Morgan fingerprint density at radius 1 is 0.317 bits per heavy atom. The van der Waals surface area contributed by atoms with E-state index in [9.17, 15) is 0 Å². The van der Waals surface area contributed by atoms with E-state index in [1.165, 1.54) is 43.4 Å². The maximum absolute atomic E-state index is 6.88. The topological polar surface area (TPSA) is 56.7 Å². The summed E-state index contributed by atoms with van der Waals surface area (Å²) in [6.07, 6.45) is 0. The maximum Gasteiger partial charge on any atom is 0.164 e. The van der Waals surface area contributed by atoms with Crippen LogP contribution >= 0.6 is 0 Å². The van der Waals surface area contributed by atoms with Crippen molar-refractivity contribution < 1.29 is 4.42 Å². The molecule has 0 N–H and O–H groups in total. The molecule has 0 aliphatic heterocycles. The van der Waals surface area contributed by atoms with Crippen molar-refractivity contribution in [3.63, 3.8) is 0 Å². The van der Waals surface area contributed by atoms with Crippen molar-refractivity contribution in [3.8, 4) is 39.9 Å². The molecule has 0 saturated carbocycles. The average molecular weight is 765 g/mol. The zero-order valence-electron chi connectivity index (χ0n) is 32.2. The standard InChI is InChI=1S/C55H32N4O/c1-3-13-35-27-39(23-21-33(35)11-1)53-56-54(40-24-22-34-12-2-4-14-36(34)28-40)58-55(57-53)41-25-26-44-47-32-50(42-17-7-8-19-45(42)52(47)60-51(44)31-41)59-48-20-10-9-18-43(48)46-29-37-15-5-6-16-38(37)30-49(46)59/h1-32H. The molecule has 0 spiro atoms. The van der Waals surface area contributed by atoms with E-state index < -0.39 is 0 Å². The molecule has 13 aromatic rings. The van der Waals surface area contributed by atoms with Gasteiger partial charge in [0.25, 0.3) is 0 Å². The number of hydrogen-bond donors (Lipinski definition) is 0. The van der Waals surface area contributed by atoms with E-state index in [4.69, 9.17) is 19.4 Å². The van der Waals surface area contributed by atoms with Gasteiger partial charge in [0, 0.05) is 49.0 Å². The Labute approximate surface area is 343 Å². The van der Waals surface area contributed by atoms with Gasteiger partial charge in [-0.1, -0.05) is 146 Å². The first-order valence-corrected chi connectivity index (χ1v) is 20.3. The first kappa shape index (κ1) is 32.9. The van der Waals surface area contributed by atoms with Crippen molar-refractivity contribution >= 4 is 86.8 Å². The van der Waals surface area contributed by atoms with Gasteiger partial charge in [0.05, 0.1) is 16.7 Å². The van der Waals surface area contributed by atoms with E-state index >= 15 is 0 Å². The van der Waals surface area contributed by atoms with Crippen molar-refractivity contribution in [2.24, 2.45) is 0 Å². The van der Waals surface area contributed by atoms with Gasteiger partial charge in [-0.2, -0.15) is 0 Å². The molecule has 0 fully saturated rings. The predicted molar refractivity (Wildman–Crippen MR) is 248 cm³/mol. The van der Waals surface area contributed by atoms with Crippen LogP contribution in [0, 0.1) is 0 Å². The lowest BCUT2D eigenvalue weighted by Gasteiger charge is -2.13. The molecule has 0 aliphatic rings. The molecule has 0 atom stereocenters. The Bertz CT molecular complexity index is 3820. The smallest absolute Gasteiger partial charge is 0.164 e. The van der Waals surface area contributed by atoms with Crippen LogP contribution < -0.4 is 0 Å². The van der Waals surface area contributed by atoms with Crippen LogP contribution in [0.4, 0.5) is 0 Å². The second-order valence-corrected chi connectivity index (χ2v) is 15.6. The zero-order valence-corrected chi connectivity index (χ0v) is 32.2. The summed E-state index contributed by atoms with van der Waals surface area (Å²) in [6.45, 7) is 0. The summed E-state index contributed by atoms with van der Waals surface area (Å²) in [5.74, 6) is 1.82. The summed E-state index contributed by atoms with van der Waals surface area (Å²) in [5.41, 5.74) is 7.81. The molecule has 3 heterocycles. The average Bonchev–Trinajstić information content (AvgIpc) is 3.84. The minimum absolute atomic E-state index is 0.585. The second-order valence-electron chi connectivity index (χ2n) is 15.6. The quantitative estimate of drug-likeness (QED) is 0.179. The summed E-state index contributed by atoms with van der Waals surface area (Å²) in [7, 11) is 0. The van der Waals surface area contributed by atoms with E-state index in [0.717, 1.165) is 65.9 Å². The lowest BCUT2D eigenvalue weighted by atomic mass is 10.0. The minimum Gasteiger partial charge on any atom is -0.455 e. The molecule has 278 valence electrons. The highest BCUT2D eigenvalue weighted by molar-refractivity contribution is 6.20. The molecule has 13 rings (SSSR count). The van der Waals surface area contributed by atoms with E-state index in [-0.39, 0.29) is 0 Å². The van der Waals surface area contributed by atoms with Gasteiger partial charge in [-0.05, 0) is 80.8 Å². The lowest BCUT2D eigenvalue weighted by Crippen LogP contribution is -2.00. The van der Waals surface area contributed by atoms with Crippen LogP contribution in [0.5, 0.6) is 0 Å². The van der Waals surface area contributed by atoms with Gasteiger partial charge in [-0.15, -0.1) is 0 Å². The Hall–Kier alpha value is -8.15. The van der Waals surface area contributed by atoms with Crippen molar-refractivity contribution in [3.05, 3.63) is 194 Å². The molecular weight excluding hydrogens is 733 g/mol. The van der Waals surface area contributed by atoms with Gasteiger partial charge in [-0.3, -0.25) is 0 Å². The minimum atomic E-state index is 0.585. The maximum atomic E-state index is 6.88. The molecule has 0 amide bonds.